The van der Waals surface area contributed by atoms with Gasteiger partial charge in [0, 0.05) is 12.6 Å². The van der Waals surface area contributed by atoms with Gasteiger partial charge in [-0.15, -0.1) is 0 Å². The Kier molecular flexibility index (Phi) is 4.39. The average Bonchev–Trinajstić information content (AvgIpc) is 2.54. The third-order valence-electron chi connectivity index (χ3n) is 3.04. The zero-order chi connectivity index (χ0) is 10.6. The molecule has 1 rings (SSSR count). The molecule has 0 spiro atoms. The van der Waals surface area contributed by atoms with Gasteiger partial charge in [0.25, 0.3) is 0 Å². The molecule has 1 aliphatic carbocycles. The summed E-state index contributed by atoms with van der Waals surface area (Å²) < 4.78 is 0. The number of hydrogen-bond acceptors (Lipinski definition) is 2. The van der Waals surface area contributed by atoms with Gasteiger partial charge in [-0.25, -0.2) is 0 Å². The van der Waals surface area contributed by atoms with Crippen molar-refractivity contribution < 1.29 is 9.90 Å². The fourth-order valence-corrected chi connectivity index (χ4v) is 2.16. The van der Waals surface area contributed by atoms with Gasteiger partial charge < -0.3 is 5.11 Å². The first-order chi connectivity index (χ1) is 6.59. The fraction of sp³-hybridized carbons (Fsp3) is 0.909. The zero-order valence-corrected chi connectivity index (χ0v) is 9.20. The lowest BCUT2D eigenvalue weighted by molar-refractivity contribution is -0.138. The van der Waals surface area contributed by atoms with Crippen molar-refractivity contribution in [3.05, 3.63) is 0 Å². The maximum Gasteiger partial charge on any atom is 0.317 e. The number of carboxylic acid groups (broad SMARTS) is 1. The van der Waals surface area contributed by atoms with E-state index in [2.05, 4.69) is 18.7 Å². The minimum Gasteiger partial charge on any atom is -0.480 e. The SMILES string of the molecule is CC(C)N(CC(=O)O)CC1CCCC1. The number of carboxylic acids is 1. The van der Waals surface area contributed by atoms with E-state index in [4.69, 9.17) is 5.11 Å². The van der Waals surface area contributed by atoms with Crippen molar-refractivity contribution in [3.63, 3.8) is 0 Å². The second-order valence-corrected chi connectivity index (χ2v) is 4.57. The molecule has 0 bridgehead atoms. The van der Waals surface area contributed by atoms with Crippen LogP contribution in [0.5, 0.6) is 0 Å². The van der Waals surface area contributed by atoms with Crippen LogP contribution in [-0.2, 0) is 4.79 Å². The first-order valence-corrected chi connectivity index (χ1v) is 5.55. The number of carbonyl (C=O) groups is 1. The third kappa shape index (κ3) is 3.66. The molecule has 3 heteroatoms. The summed E-state index contributed by atoms with van der Waals surface area (Å²) in [5, 5.41) is 8.77. The molecule has 14 heavy (non-hydrogen) atoms. The van der Waals surface area contributed by atoms with E-state index in [9.17, 15) is 4.79 Å². The Morgan fingerprint density at radius 2 is 2.00 bits per heavy atom. The molecule has 0 unspecified atom stereocenters. The lowest BCUT2D eigenvalue weighted by Crippen LogP contribution is -2.38. The lowest BCUT2D eigenvalue weighted by atomic mass is 10.1. The standard InChI is InChI=1S/C11H21NO2/c1-9(2)12(8-11(13)14)7-10-5-3-4-6-10/h9-10H,3-8H2,1-2H3,(H,13,14). The van der Waals surface area contributed by atoms with Crippen molar-refractivity contribution >= 4 is 5.97 Å². The summed E-state index contributed by atoms with van der Waals surface area (Å²) in [6, 6.07) is 0.340. The average molecular weight is 199 g/mol. The first-order valence-electron chi connectivity index (χ1n) is 5.55. The molecule has 1 fully saturated rings. The summed E-state index contributed by atoms with van der Waals surface area (Å²) >= 11 is 0. The maximum absolute atomic E-state index is 10.6. The highest BCUT2D eigenvalue weighted by Crippen LogP contribution is 2.25. The highest BCUT2D eigenvalue weighted by Gasteiger charge is 2.21. The molecule has 0 aromatic heterocycles. The molecule has 1 N–H and O–H groups in total. The Morgan fingerprint density at radius 1 is 1.43 bits per heavy atom. The molecule has 0 heterocycles. The van der Waals surface area contributed by atoms with Crippen molar-refractivity contribution in [2.24, 2.45) is 5.92 Å². The van der Waals surface area contributed by atoms with Crippen LogP contribution < -0.4 is 0 Å². The van der Waals surface area contributed by atoms with Crippen molar-refractivity contribution in [3.8, 4) is 0 Å². The van der Waals surface area contributed by atoms with E-state index >= 15 is 0 Å². The van der Waals surface area contributed by atoms with E-state index in [0.717, 1.165) is 12.5 Å². The van der Waals surface area contributed by atoms with Crippen LogP contribution >= 0.6 is 0 Å². The Bertz CT molecular complexity index is 186. The Hall–Kier alpha value is -0.570. The molecule has 1 aliphatic rings. The third-order valence-corrected chi connectivity index (χ3v) is 3.04. The van der Waals surface area contributed by atoms with Crippen LogP contribution in [-0.4, -0.2) is 35.1 Å². The van der Waals surface area contributed by atoms with E-state index in [-0.39, 0.29) is 6.54 Å². The van der Waals surface area contributed by atoms with E-state index in [1.807, 2.05) is 0 Å². The minimum atomic E-state index is -0.711. The highest BCUT2D eigenvalue weighted by atomic mass is 16.4. The van der Waals surface area contributed by atoms with Gasteiger partial charge in [0.15, 0.2) is 0 Å². The van der Waals surface area contributed by atoms with Gasteiger partial charge in [0.2, 0.25) is 0 Å². The van der Waals surface area contributed by atoms with Gasteiger partial charge in [0.1, 0.15) is 0 Å². The van der Waals surface area contributed by atoms with E-state index in [1.54, 1.807) is 0 Å². The fourth-order valence-electron chi connectivity index (χ4n) is 2.16. The van der Waals surface area contributed by atoms with Crippen LogP contribution in [0.3, 0.4) is 0 Å². The summed E-state index contributed by atoms with van der Waals surface area (Å²) in [5.41, 5.74) is 0. The smallest absolute Gasteiger partial charge is 0.317 e. The molecule has 0 amide bonds. The van der Waals surface area contributed by atoms with Crippen LogP contribution in [0.1, 0.15) is 39.5 Å². The highest BCUT2D eigenvalue weighted by molar-refractivity contribution is 5.69. The topological polar surface area (TPSA) is 40.5 Å². The molecule has 0 saturated heterocycles. The van der Waals surface area contributed by atoms with Crippen LogP contribution in [0, 0.1) is 5.92 Å². The zero-order valence-electron chi connectivity index (χ0n) is 9.20. The number of hydrogen-bond donors (Lipinski definition) is 1. The quantitative estimate of drug-likeness (QED) is 0.736. The molecule has 0 atom stereocenters. The van der Waals surface area contributed by atoms with Crippen molar-refractivity contribution in [2.75, 3.05) is 13.1 Å². The largest absolute Gasteiger partial charge is 0.480 e. The lowest BCUT2D eigenvalue weighted by Gasteiger charge is -2.27. The van der Waals surface area contributed by atoms with Gasteiger partial charge in [-0.2, -0.15) is 0 Å². The van der Waals surface area contributed by atoms with E-state index in [1.165, 1.54) is 25.7 Å². The monoisotopic (exact) mass is 199 g/mol. The summed E-state index contributed by atoms with van der Waals surface area (Å²) in [7, 11) is 0. The van der Waals surface area contributed by atoms with E-state index < -0.39 is 5.97 Å². The molecule has 0 radical (unpaired) electrons. The van der Waals surface area contributed by atoms with Crippen molar-refractivity contribution in [1.82, 2.24) is 4.90 Å². The minimum absolute atomic E-state index is 0.189. The van der Waals surface area contributed by atoms with Crippen LogP contribution in [0.25, 0.3) is 0 Å². The Labute approximate surface area is 86.1 Å². The molecule has 82 valence electrons. The van der Waals surface area contributed by atoms with Crippen LogP contribution in [0.4, 0.5) is 0 Å². The normalized spacial score (nSPS) is 18.3. The molecular formula is C11H21NO2. The number of nitrogens with zero attached hydrogens (tertiary/aromatic N) is 1. The van der Waals surface area contributed by atoms with Crippen LogP contribution in [0.15, 0.2) is 0 Å². The van der Waals surface area contributed by atoms with Gasteiger partial charge >= 0.3 is 5.97 Å². The van der Waals surface area contributed by atoms with Crippen LogP contribution in [0.2, 0.25) is 0 Å². The van der Waals surface area contributed by atoms with Gasteiger partial charge in [-0.1, -0.05) is 12.8 Å². The summed E-state index contributed by atoms with van der Waals surface area (Å²) in [6.07, 6.45) is 5.21. The van der Waals surface area contributed by atoms with Gasteiger partial charge in [-0.3, -0.25) is 9.69 Å². The molecule has 0 aromatic rings. The first kappa shape index (κ1) is 11.5. The number of aliphatic carboxylic acids is 1. The van der Waals surface area contributed by atoms with Gasteiger partial charge in [0.05, 0.1) is 6.54 Å². The second-order valence-electron chi connectivity index (χ2n) is 4.57. The Morgan fingerprint density at radius 3 is 2.43 bits per heavy atom. The summed E-state index contributed by atoms with van der Waals surface area (Å²) in [5.74, 6) is 0.0217. The van der Waals surface area contributed by atoms with E-state index in [0.29, 0.717) is 6.04 Å². The van der Waals surface area contributed by atoms with Gasteiger partial charge in [-0.05, 0) is 32.6 Å². The molecule has 0 aromatic carbocycles. The Balaban J connectivity index is 2.37. The predicted molar refractivity (Wildman–Crippen MR) is 56.3 cm³/mol. The second kappa shape index (κ2) is 5.35. The maximum atomic E-state index is 10.6. The predicted octanol–water partition coefficient (Wildman–Crippen LogP) is 1.97. The molecule has 1 saturated carbocycles. The summed E-state index contributed by atoms with van der Waals surface area (Å²) in [4.78, 5) is 12.7. The summed E-state index contributed by atoms with van der Waals surface area (Å²) in [6.45, 7) is 5.29. The molecular weight excluding hydrogens is 178 g/mol. The van der Waals surface area contributed by atoms with Crippen molar-refractivity contribution in [1.29, 1.82) is 0 Å². The van der Waals surface area contributed by atoms with Crippen molar-refractivity contribution in [2.45, 2.75) is 45.6 Å². The molecule has 3 nitrogen and oxygen atoms in total. The number of rotatable bonds is 5. The molecule has 0 aliphatic heterocycles.